The van der Waals surface area contributed by atoms with Gasteiger partial charge in [-0.2, -0.15) is 0 Å². The molecule has 1 rings (SSSR count). The van der Waals surface area contributed by atoms with E-state index >= 15 is 0 Å². The van der Waals surface area contributed by atoms with Gasteiger partial charge in [-0.05, 0) is 13.3 Å². The summed E-state index contributed by atoms with van der Waals surface area (Å²) in [6, 6.07) is 0. The lowest BCUT2D eigenvalue weighted by Crippen LogP contribution is -1.93. The molecule has 0 saturated heterocycles. The summed E-state index contributed by atoms with van der Waals surface area (Å²) in [7, 11) is 1.73. The summed E-state index contributed by atoms with van der Waals surface area (Å²) in [5.41, 5.74) is 1.17. The van der Waals surface area contributed by atoms with E-state index in [1.807, 2.05) is 11.3 Å². The Morgan fingerprint density at radius 3 is 2.75 bits per heavy atom. The van der Waals surface area contributed by atoms with Crippen molar-refractivity contribution in [3.05, 3.63) is 15.6 Å². The third kappa shape index (κ3) is 2.29. The second kappa shape index (κ2) is 4.58. The average Bonchev–Trinajstić information content (AvgIpc) is 2.43. The number of thiazole rings is 1. The number of hydrogen-bond donors (Lipinski definition) is 0. The van der Waals surface area contributed by atoms with E-state index in [-0.39, 0.29) is 0 Å². The fraction of sp³-hybridized carbons (Fsp3) is 0.667. The van der Waals surface area contributed by atoms with Gasteiger partial charge in [0, 0.05) is 18.4 Å². The molecular weight excluding hydrogens is 170 g/mol. The van der Waals surface area contributed by atoms with Gasteiger partial charge in [0.1, 0.15) is 0 Å². The lowest BCUT2D eigenvalue weighted by molar-refractivity contribution is 0.203. The van der Waals surface area contributed by atoms with Crippen molar-refractivity contribution >= 4 is 11.3 Å². The van der Waals surface area contributed by atoms with Gasteiger partial charge in [-0.1, -0.05) is 6.92 Å². The highest BCUT2D eigenvalue weighted by Gasteiger charge is 2.04. The molecule has 0 spiro atoms. The van der Waals surface area contributed by atoms with Crippen LogP contribution in [0.3, 0.4) is 0 Å². The van der Waals surface area contributed by atoms with Crippen molar-refractivity contribution in [2.75, 3.05) is 13.7 Å². The van der Waals surface area contributed by atoms with E-state index in [0.29, 0.717) is 0 Å². The lowest BCUT2D eigenvalue weighted by atomic mass is 10.3. The van der Waals surface area contributed by atoms with Gasteiger partial charge >= 0.3 is 0 Å². The molecule has 1 aromatic rings. The molecule has 0 unspecified atom stereocenters. The van der Waals surface area contributed by atoms with Crippen molar-refractivity contribution in [1.29, 1.82) is 0 Å². The molecule has 0 atom stereocenters. The van der Waals surface area contributed by atoms with E-state index in [1.54, 1.807) is 7.11 Å². The van der Waals surface area contributed by atoms with Gasteiger partial charge in [-0.3, -0.25) is 0 Å². The van der Waals surface area contributed by atoms with Crippen molar-refractivity contribution < 1.29 is 4.74 Å². The van der Waals surface area contributed by atoms with E-state index in [0.717, 1.165) is 19.4 Å². The Kier molecular flexibility index (Phi) is 3.69. The second-order valence-corrected chi connectivity index (χ2v) is 3.88. The number of rotatable bonds is 4. The highest BCUT2D eigenvalue weighted by Crippen LogP contribution is 2.18. The normalized spacial score (nSPS) is 10.6. The van der Waals surface area contributed by atoms with Crippen LogP contribution >= 0.6 is 11.3 Å². The van der Waals surface area contributed by atoms with E-state index in [4.69, 9.17) is 4.74 Å². The maximum Gasteiger partial charge on any atom is 0.0928 e. The van der Waals surface area contributed by atoms with Crippen molar-refractivity contribution in [1.82, 2.24) is 4.98 Å². The Labute approximate surface area is 77.6 Å². The van der Waals surface area contributed by atoms with Crippen LogP contribution in [0.1, 0.15) is 22.5 Å². The van der Waals surface area contributed by atoms with Gasteiger partial charge in [0.15, 0.2) is 0 Å². The summed E-state index contributed by atoms with van der Waals surface area (Å²) in [6.07, 6.45) is 2.04. The van der Waals surface area contributed by atoms with Crippen LogP contribution in [0.25, 0.3) is 0 Å². The zero-order valence-corrected chi connectivity index (χ0v) is 8.70. The van der Waals surface area contributed by atoms with E-state index in [9.17, 15) is 0 Å². The molecule has 0 aliphatic heterocycles. The predicted molar refractivity (Wildman–Crippen MR) is 51.8 cm³/mol. The minimum Gasteiger partial charge on any atom is -0.384 e. The van der Waals surface area contributed by atoms with Crippen LogP contribution in [-0.4, -0.2) is 18.7 Å². The molecule has 0 radical (unpaired) electrons. The largest absolute Gasteiger partial charge is 0.384 e. The molecule has 0 amide bonds. The third-order valence-electron chi connectivity index (χ3n) is 1.77. The quantitative estimate of drug-likeness (QED) is 0.717. The summed E-state index contributed by atoms with van der Waals surface area (Å²) in [6.45, 7) is 5.01. The highest BCUT2D eigenvalue weighted by molar-refractivity contribution is 7.11. The minimum atomic E-state index is 0.798. The molecule has 0 fully saturated rings. The molecule has 1 aromatic heterocycles. The van der Waals surface area contributed by atoms with Crippen LogP contribution in [0.5, 0.6) is 0 Å². The lowest BCUT2D eigenvalue weighted by Gasteiger charge is -1.95. The summed E-state index contributed by atoms with van der Waals surface area (Å²) in [4.78, 5) is 5.81. The SMILES string of the molecule is CCc1nc(C)c(CCOC)s1. The summed E-state index contributed by atoms with van der Waals surface area (Å²) < 4.78 is 5.02. The predicted octanol–water partition coefficient (Wildman–Crippen LogP) is 2.20. The summed E-state index contributed by atoms with van der Waals surface area (Å²) in [5.74, 6) is 0. The van der Waals surface area contributed by atoms with Crippen LogP contribution in [-0.2, 0) is 17.6 Å². The van der Waals surface area contributed by atoms with Crippen molar-refractivity contribution in [2.24, 2.45) is 0 Å². The van der Waals surface area contributed by atoms with Crippen LogP contribution in [0.2, 0.25) is 0 Å². The molecule has 0 aliphatic carbocycles. The molecular formula is C9H15NOS. The first-order valence-electron chi connectivity index (χ1n) is 4.22. The van der Waals surface area contributed by atoms with Crippen molar-refractivity contribution in [3.8, 4) is 0 Å². The average molecular weight is 185 g/mol. The van der Waals surface area contributed by atoms with Gasteiger partial charge in [-0.25, -0.2) is 4.98 Å². The summed E-state index contributed by atoms with van der Waals surface area (Å²) in [5, 5.41) is 1.23. The molecule has 0 N–H and O–H groups in total. The molecule has 12 heavy (non-hydrogen) atoms. The monoisotopic (exact) mass is 185 g/mol. The molecule has 0 bridgehead atoms. The first kappa shape index (κ1) is 9.68. The fourth-order valence-corrected chi connectivity index (χ4v) is 2.06. The first-order chi connectivity index (χ1) is 5.77. The van der Waals surface area contributed by atoms with E-state index in [2.05, 4.69) is 18.8 Å². The van der Waals surface area contributed by atoms with Gasteiger partial charge in [0.25, 0.3) is 0 Å². The Bertz CT molecular complexity index is 245. The molecule has 0 saturated carbocycles. The number of ether oxygens (including phenoxy) is 1. The number of nitrogens with zero attached hydrogens (tertiary/aromatic N) is 1. The Morgan fingerprint density at radius 1 is 1.50 bits per heavy atom. The second-order valence-electron chi connectivity index (χ2n) is 2.71. The maximum atomic E-state index is 5.02. The number of aromatic nitrogens is 1. The topological polar surface area (TPSA) is 22.1 Å². The zero-order valence-electron chi connectivity index (χ0n) is 7.89. The fourth-order valence-electron chi connectivity index (χ4n) is 1.07. The Morgan fingerprint density at radius 2 is 2.25 bits per heavy atom. The summed E-state index contributed by atoms with van der Waals surface area (Å²) >= 11 is 1.81. The van der Waals surface area contributed by atoms with Gasteiger partial charge in [0.2, 0.25) is 0 Å². The maximum absolute atomic E-state index is 5.02. The van der Waals surface area contributed by atoms with Crippen LogP contribution < -0.4 is 0 Å². The number of methoxy groups -OCH3 is 1. The molecule has 0 aromatic carbocycles. The number of aryl methyl sites for hydroxylation is 2. The van der Waals surface area contributed by atoms with Crippen LogP contribution in [0, 0.1) is 6.92 Å². The third-order valence-corrected chi connectivity index (χ3v) is 3.13. The van der Waals surface area contributed by atoms with Crippen molar-refractivity contribution in [3.63, 3.8) is 0 Å². The first-order valence-corrected chi connectivity index (χ1v) is 5.03. The number of hydrogen-bond acceptors (Lipinski definition) is 3. The molecule has 1 heterocycles. The van der Waals surface area contributed by atoms with Crippen LogP contribution in [0.4, 0.5) is 0 Å². The zero-order chi connectivity index (χ0) is 8.97. The highest BCUT2D eigenvalue weighted by atomic mass is 32.1. The molecule has 3 heteroatoms. The smallest absolute Gasteiger partial charge is 0.0928 e. The van der Waals surface area contributed by atoms with Gasteiger partial charge in [0.05, 0.1) is 17.3 Å². The van der Waals surface area contributed by atoms with Gasteiger partial charge in [-0.15, -0.1) is 11.3 Å². The van der Waals surface area contributed by atoms with Gasteiger partial charge < -0.3 is 4.74 Å². The molecule has 2 nitrogen and oxygen atoms in total. The molecule has 0 aliphatic rings. The van der Waals surface area contributed by atoms with E-state index < -0.39 is 0 Å². The minimum absolute atomic E-state index is 0.798. The van der Waals surface area contributed by atoms with E-state index in [1.165, 1.54) is 15.6 Å². The standard InChI is InChI=1S/C9H15NOS/c1-4-9-10-7(2)8(12-9)5-6-11-3/h4-6H2,1-3H3. The molecule has 68 valence electrons. The Balaban J connectivity index is 2.64. The Hall–Kier alpha value is -0.410. The van der Waals surface area contributed by atoms with Crippen molar-refractivity contribution in [2.45, 2.75) is 26.7 Å². The van der Waals surface area contributed by atoms with Crippen LogP contribution in [0.15, 0.2) is 0 Å².